The van der Waals surface area contributed by atoms with Gasteiger partial charge in [0.2, 0.25) is 5.95 Å². The molecule has 1 rings (SSSR count). The van der Waals surface area contributed by atoms with E-state index in [1.807, 2.05) is 0 Å². The van der Waals surface area contributed by atoms with Gasteiger partial charge < -0.3 is 0 Å². The second-order valence-corrected chi connectivity index (χ2v) is 2.49. The predicted molar refractivity (Wildman–Crippen MR) is 41.6 cm³/mol. The molecule has 4 nitrogen and oxygen atoms in total. The maximum absolute atomic E-state index is 12.7. The predicted octanol–water partition coefficient (Wildman–Crippen LogP) is 0.623. The van der Waals surface area contributed by atoms with Crippen LogP contribution >= 0.6 is 11.8 Å². The van der Waals surface area contributed by atoms with Crippen LogP contribution in [0, 0.1) is 5.82 Å². The standard InChI is InChI=1S/C5H7FN4S/c1-11-4-3(6)2-8-5(9-4)10-7/h2H,7H2,1H3,(H,8,9,10). The first-order valence-electron chi connectivity index (χ1n) is 2.81. The molecule has 0 aliphatic heterocycles. The molecule has 0 saturated heterocycles. The van der Waals surface area contributed by atoms with Gasteiger partial charge >= 0.3 is 0 Å². The molecule has 0 radical (unpaired) electrons. The van der Waals surface area contributed by atoms with Crippen molar-refractivity contribution in [1.29, 1.82) is 0 Å². The second kappa shape index (κ2) is 3.49. The fraction of sp³-hybridized carbons (Fsp3) is 0.200. The lowest BCUT2D eigenvalue weighted by molar-refractivity contribution is 0.580. The molecule has 0 atom stereocenters. The van der Waals surface area contributed by atoms with Crippen molar-refractivity contribution in [2.24, 2.45) is 5.84 Å². The molecular weight excluding hydrogens is 167 g/mol. The smallest absolute Gasteiger partial charge is 0.238 e. The number of nitrogens with zero attached hydrogens (tertiary/aromatic N) is 2. The van der Waals surface area contributed by atoms with Gasteiger partial charge in [0, 0.05) is 0 Å². The van der Waals surface area contributed by atoms with E-state index in [0.29, 0.717) is 0 Å². The number of nitrogens with one attached hydrogen (secondary N) is 1. The van der Waals surface area contributed by atoms with E-state index < -0.39 is 5.82 Å². The number of hydrazine groups is 1. The van der Waals surface area contributed by atoms with Crippen molar-refractivity contribution >= 4 is 17.7 Å². The fourth-order valence-electron chi connectivity index (χ4n) is 0.564. The van der Waals surface area contributed by atoms with Gasteiger partial charge in [0.1, 0.15) is 5.03 Å². The molecule has 0 spiro atoms. The van der Waals surface area contributed by atoms with Crippen molar-refractivity contribution < 1.29 is 4.39 Å². The van der Waals surface area contributed by atoms with Crippen molar-refractivity contribution in [2.45, 2.75) is 5.03 Å². The molecule has 0 amide bonds. The zero-order valence-corrected chi connectivity index (χ0v) is 6.65. The van der Waals surface area contributed by atoms with Crippen LogP contribution in [-0.4, -0.2) is 16.2 Å². The van der Waals surface area contributed by atoms with Crippen LogP contribution < -0.4 is 11.3 Å². The maximum atomic E-state index is 12.7. The molecule has 1 aromatic heterocycles. The highest BCUT2D eigenvalue weighted by molar-refractivity contribution is 7.98. The van der Waals surface area contributed by atoms with E-state index in [-0.39, 0.29) is 11.0 Å². The maximum Gasteiger partial charge on any atom is 0.238 e. The van der Waals surface area contributed by atoms with E-state index in [0.717, 1.165) is 6.20 Å². The fourth-order valence-corrected chi connectivity index (χ4v) is 0.990. The quantitative estimate of drug-likeness (QED) is 0.298. The third-order valence-corrected chi connectivity index (χ3v) is 1.71. The summed E-state index contributed by atoms with van der Waals surface area (Å²) < 4.78 is 12.7. The van der Waals surface area contributed by atoms with Crippen molar-refractivity contribution in [3.63, 3.8) is 0 Å². The Hall–Kier alpha value is -0.880. The summed E-state index contributed by atoms with van der Waals surface area (Å²) >= 11 is 1.20. The summed E-state index contributed by atoms with van der Waals surface area (Å²) in [5, 5.41) is 0.285. The first-order valence-corrected chi connectivity index (χ1v) is 4.03. The molecular formula is C5H7FN4S. The van der Waals surface area contributed by atoms with Crippen molar-refractivity contribution in [1.82, 2.24) is 9.97 Å². The molecule has 0 bridgehead atoms. The number of thioether (sulfide) groups is 1. The minimum absolute atomic E-state index is 0.218. The normalized spacial score (nSPS) is 9.73. The number of hydrogen-bond donors (Lipinski definition) is 2. The summed E-state index contributed by atoms with van der Waals surface area (Å²) in [6.07, 6.45) is 2.81. The van der Waals surface area contributed by atoms with Crippen LogP contribution in [0.25, 0.3) is 0 Å². The van der Waals surface area contributed by atoms with Gasteiger partial charge in [-0.25, -0.2) is 20.2 Å². The summed E-state index contributed by atoms with van der Waals surface area (Å²) in [4.78, 5) is 7.32. The van der Waals surface area contributed by atoms with E-state index >= 15 is 0 Å². The highest BCUT2D eigenvalue weighted by Gasteiger charge is 2.03. The zero-order valence-electron chi connectivity index (χ0n) is 5.84. The van der Waals surface area contributed by atoms with Crippen molar-refractivity contribution in [2.75, 3.05) is 11.7 Å². The Morgan fingerprint density at radius 1 is 1.73 bits per heavy atom. The molecule has 3 N–H and O–H groups in total. The lowest BCUT2D eigenvalue weighted by atomic mass is 10.6. The van der Waals surface area contributed by atoms with E-state index in [9.17, 15) is 4.39 Å². The lowest BCUT2D eigenvalue weighted by Crippen LogP contribution is -2.10. The van der Waals surface area contributed by atoms with Crippen LogP contribution in [0.3, 0.4) is 0 Å². The molecule has 1 aromatic rings. The number of nitrogens with two attached hydrogens (primary N) is 1. The summed E-state index contributed by atoms with van der Waals surface area (Å²) in [7, 11) is 0. The van der Waals surface area contributed by atoms with Gasteiger partial charge in [0.15, 0.2) is 5.82 Å². The van der Waals surface area contributed by atoms with Gasteiger partial charge in [-0.3, -0.25) is 5.43 Å². The highest BCUT2D eigenvalue weighted by Crippen LogP contribution is 2.15. The molecule has 1 heterocycles. The summed E-state index contributed by atoms with van der Waals surface area (Å²) in [5.41, 5.74) is 2.23. The van der Waals surface area contributed by atoms with Gasteiger partial charge in [-0.2, -0.15) is 0 Å². The van der Waals surface area contributed by atoms with Gasteiger partial charge in [0.05, 0.1) is 6.20 Å². The van der Waals surface area contributed by atoms with Crippen LogP contribution in [0.4, 0.5) is 10.3 Å². The number of hydrogen-bond acceptors (Lipinski definition) is 5. The third-order valence-electron chi connectivity index (χ3n) is 1.03. The molecule has 0 aliphatic rings. The topological polar surface area (TPSA) is 63.8 Å². The molecule has 0 unspecified atom stereocenters. The lowest BCUT2D eigenvalue weighted by Gasteiger charge is -1.99. The molecule has 11 heavy (non-hydrogen) atoms. The van der Waals surface area contributed by atoms with Gasteiger partial charge in [-0.15, -0.1) is 11.8 Å². The molecule has 6 heteroatoms. The van der Waals surface area contributed by atoms with Gasteiger partial charge in [-0.05, 0) is 6.26 Å². The number of nitrogen functional groups attached to an aromatic ring is 1. The summed E-state index contributed by atoms with van der Waals surface area (Å²) in [5.74, 6) is 4.80. The Morgan fingerprint density at radius 3 is 3.00 bits per heavy atom. The van der Waals surface area contributed by atoms with E-state index in [2.05, 4.69) is 15.4 Å². The summed E-state index contributed by atoms with van der Waals surface area (Å²) in [6, 6.07) is 0. The monoisotopic (exact) mass is 174 g/mol. The van der Waals surface area contributed by atoms with Gasteiger partial charge in [0.25, 0.3) is 0 Å². The van der Waals surface area contributed by atoms with Crippen LogP contribution in [-0.2, 0) is 0 Å². The van der Waals surface area contributed by atoms with Crippen LogP contribution in [0.5, 0.6) is 0 Å². The first kappa shape index (κ1) is 8.22. The Morgan fingerprint density at radius 2 is 2.45 bits per heavy atom. The molecule has 60 valence electrons. The second-order valence-electron chi connectivity index (χ2n) is 1.70. The number of halogens is 1. The van der Waals surface area contributed by atoms with Crippen LogP contribution in [0.15, 0.2) is 11.2 Å². The zero-order chi connectivity index (χ0) is 8.27. The number of aromatic nitrogens is 2. The Bertz CT molecular complexity index is 254. The third kappa shape index (κ3) is 1.78. The largest absolute Gasteiger partial charge is 0.292 e. The Balaban J connectivity index is 3.02. The van der Waals surface area contributed by atoms with E-state index in [1.54, 1.807) is 6.26 Å². The minimum Gasteiger partial charge on any atom is -0.292 e. The number of anilines is 1. The Kier molecular flexibility index (Phi) is 2.61. The SMILES string of the molecule is CSc1nc(NN)ncc1F. The molecule has 0 aromatic carbocycles. The minimum atomic E-state index is -0.434. The first-order chi connectivity index (χ1) is 5.27. The van der Waals surface area contributed by atoms with Gasteiger partial charge in [-0.1, -0.05) is 0 Å². The van der Waals surface area contributed by atoms with Crippen molar-refractivity contribution in [3.8, 4) is 0 Å². The van der Waals surface area contributed by atoms with Crippen LogP contribution in [0.1, 0.15) is 0 Å². The van der Waals surface area contributed by atoms with Crippen molar-refractivity contribution in [3.05, 3.63) is 12.0 Å². The van der Waals surface area contributed by atoms with E-state index in [1.165, 1.54) is 11.8 Å². The molecule has 0 fully saturated rings. The Labute approximate surface area is 67.4 Å². The molecule has 0 aliphatic carbocycles. The summed E-state index contributed by atoms with van der Waals surface area (Å²) in [6.45, 7) is 0. The number of rotatable bonds is 2. The average molecular weight is 174 g/mol. The highest BCUT2D eigenvalue weighted by atomic mass is 32.2. The average Bonchev–Trinajstić information content (AvgIpc) is 2.05. The molecule has 0 saturated carbocycles. The van der Waals surface area contributed by atoms with Crippen LogP contribution in [0.2, 0.25) is 0 Å². The van der Waals surface area contributed by atoms with E-state index in [4.69, 9.17) is 5.84 Å².